The molecule has 9 heteroatoms. The Bertz CT molecular complexity index is 972. The lowest BCUT2D eigenvalue weighted by Gasteiger charge is -2.26. The van der Waals surface area contributed by atoms with E-state index in [0.29, 0.717) is 22.7 Å². The van der Waals surface area contributed by atoms with Gasteiger partial charge in [0.1, 0.15) is 5.75 Å². The third-order valence-corrected chi connectivity index (χ3v) is 5.04. The Balaban J connectivity index is 1.70. The quantitative estimate of drug-likeness (QED) is 0.714. The molecule has 0 aliphatic carbocycles. The lowest BCUT2D eigenvalue weighted by Crippen LogP contribution is -2.35. The first kappa shape index (κ1) is 21.1. The Morgan fingerprint density at radius 1 is 1.17 bits per heavy atom. The molecular weight excluding hydrogens is 394 g/mol. The van der Waals surface area contributed by atoms with E-state index in [1.165, 1.54) is 7.11 Å². The molecule has 1 heterocycles. The standard InChI is InChI=1S/C20H25N3O5S/c1-27-19-13-17(6-7-18(19)22-29(2,25)26)21-20(24)16-5-3-4-15(12-16)14-23-8-10-28-11-9-23/h3-7,12-13,22H,8-11,14H2,1-2H3,(H,21,24). The van der Waals surface area contributed by atoms with Gasteiger partial charge in [-0.15, -0.1) is 0 Å². The first-order valence-electron chi connectivity index (χ1n) is 9.20. The molecule has 0 atom stereocenters. The smallest absolute Gasteiger partial charge is 0.255 e. The summed E-state index contributed by atoms with van der Waals surface area (Å²) in [5, 5.41) is 2.82. The van der Waals surface area contributed by atoms with Crippen LogP contribution >= 0.6 is 0 Å². The molecule has 0 bridgehead atoms. The normalized spacial score (nSPS) is 15.0. The van der Waals surface area contributed by atoms with Gasteiger partial charge < -0.3 is 14.8 Å². The highest BCUT2D eigenvalue weighted by molar-refractivity contribution is 7.92. The van der Waals surface area contributed by atoms with Crippen LogP contribution in [0, 0.1) is 0 Å². The molecule has 0 spiro atoms. The molecule has 1 saturated heterocycles. The van der Waals surface area contributed by atoms with Crippen LogP contribution in [-0.2, 0) is 21.3 Å². The van der Waals surface area contributed by atoms with E-state index >= 15 is 0 Å². The van der Waals surface area contributed by atoms with Crippen LogP contribution in [0.3, 0.4) is 0 Å². The van der Waals surface area contributed by atoms with Crippen LogP contribution in [0.2, 0.25) is 0 Å². The van der Waals surface area contributed by atoms with Crippen molar-refractivity contribution < 1.29 is 22.7 Å². The number of carbonyl (C=O) groups excluding carboxylic acids is 1. The lowest BCUT2D eigenvalue weighted by atomic mass is 10.1. The molecule has 1 amide bonds. The number of hydrogen-bond donors (Lipinski definition) is 2. The number of nitrogens with zero attached hydrogens (tertiary/aromatic N) is 1. The van der Waals surface area contributed by atoms with Crippen molar-refractivity contribution in [3.05, 3.63) is 53.6 Å². The number of hydrogen-bond acceptors (Lipinski definition) is 6. The molecular formula is C20H25N3O5S. The number of nitrogens with one attached hydrogen (secondary N) is 2. The van der Waals surface area contributed by atoms with Crippen molar-refractivity contribution in [2.75, 3.05) is 49.7 Å². The average Bonchev–Trinajstić information content (AvgIpc) is 2.69. The van der Waals surface area contributed by atoms with Crippen LogP contribution in [0.25, 0.3) is 0 Å². The van der Waals surface area contributed by atoms with Crippen molar-refractivity contribution >= 4 is 27.3 Å². The summed E-state index contributed by atoms with van der Waals surface area (Å²) in [4.78, 5) is 15.0. The Morgan fingerprint density at radius 2 is 1.93 bits per heavy atom. The predicted octanol–water partition coefficient (Wildman–Crippen LogP) is 2.15. The highest BCUT2D eigenvalue weighted by atomic mass is 32.2. The predicted molar refractivity (Wildman–Crippen MR) is 112 cm³/mol. The molecule has 0 aromatic heterocycles. The Hall–Kier alpha value is -2.62. The van der Waals surface area contributed by atoms with Crippen LogP contribution < -0.4 is 14.8 Å². The zero-order chi connectivity index (χ0) is 20.9. The van der Waals surface area contributed by atoms with Crippen molar-refractivity contribution in [3.8, 4) is 5.75 Å². The maximum absolute atomic E-state index is 12.7. The van der Waals surface area contributed by atoms with Gasteiger partial charge in [0.2, 0.25) is 10.0 Å². The van der Waals surface area contributed by atoms with Gasteiger partial charge in [-0.1, -0.05) is 12.1 Å². The SMILES string of the molecule is COc1cc(NC(=O)c2cccc(CN3CCOCC3)c2)ccc1NS(C)(=O)=O. The summed E-state index contributed by atoms with van der Waals surface area (Å²) in [5.74, 6) is 0.0639. The van der Waals surface area contributed by atoms with Gasteiger partial charge in [0.15, 0.2) is 0 Å². The first-order valence-corrected chi connectivity index (χ1v) is 11.1. The number of amides is 1. The van der Waals surface area contributed by atoms with E-state index in [1.54, 1.807) is 24.3 Å². The Kier molecular flexibility index (Phi) is 6.73. The number of sulfonamides is 1. The van der Waals surface area contributed by atoms with Gasteiger partial charge >= 0.3 is 0 Å². The minimum Gasteiger partial charge on any atom is -0.494 e. The fourth-order valence-corrected chi connectivity index (χ4v) is 3.65. The lowest BCUT2D eigenvalue weighted by molar-refractivity contribution is 0.0342. The van der Waals surface area contributed by atoms with Gasteiger partial charge in [-0.3, -0.25) is 14.4 Å². The van der Waals surface area contributed by atoms with Gasteiger partial charge in [-0.05, 0) is 29.8 Å². The van der Waals surface area contributed by atoms with Gasteiger partial charge in [-0.25, -0.2) is 8.42 Å². The van der Waals surface area contributed by atoms with E-state index in [1.807, 2.05) is 18.2 Å². The van der Waals surface area contributed by atoms with Crippen LogP contribution in [0.1, 0.15) is 15.9 Å². The van der Waals surface area contributed by atoms with E-state index in [9.17, 15) is 13.2 Å². The highest BCUT2D eigenvalue weighted by Crippen LogP contribution is 2.29. The number of methoxy groups -OCH3 is 1. The third kappa shape index (κ3) is 6.18. The van der Waals surface area contributed by atoms with Crippen molar-refractivity contribution in [3.63, 3.8) is 0 Å². The summed E-state index contributed by atoms with van der Waals surface area (Å²) in [6.07, 6.45) is 1.06. The van der Waals surface area contributed by atoms with Gasteiger partial charge in [0.25, 0.3) is 5.91 Å². The van der Waals surface area contributed by atoms with Gasteiger partial charge in [0, 0.05) is 37.0 Å². The number of carbonyl (C=O) groups is 1. The number of benzene rings is 2. The molecule has 3 rings (SSSR count). The topological polar surface area (TPSA) is 97.0 Å². The zero-order valence-electron chi connectivity index (χ0n) is 16.5. The van der Waals surface area contributed by atoms with E-state index in [4.69, 9.17) is 9.47 Å². The number of morpholine rings is 1. The van der Waals surface area contributed by atoms with E-state index in [0.717, 1.165) is 44.7 Å². The molecule has 0 unspecified atom stereocenters. The summed E-state index contributed by atoms with van der Waals surface area (Å²) in [6, 6.07) is 12.2. The molecule has 2 aromatic rings. The molecule has 8 nitrogen and oxygen atoms in total. The van der Waals surface area contributed by atoms with Crippen molar-refractivity contribution in [1.29, 1.82) is 0 Å². The molecule has 1 fully saturated rings. The Morgan fingerprint density at radius 3 is 2.62 bits per heavy atom. The maximum Gasteiger partial charge on any atom is 0.255 e. The van der Waals surface area contributed by atoms with Gasteiger partial charge in [0.05, 0.1) is 32.3 Å². The molecule has 0 radical (unpaired) electrons. The van der Waals surface area contributed by atoms with Gasteiger partial charge in [-0.2, -0.15) is 0 Å². The highest BCUT2D eigenvalue weighted by Gasteiger charge is 2.14. The molecule has 1 aliphatic rings. The maximum atomic E-state index is 12.7. The van der Waals surface area contributed by atoms with E-state index in [2.05, 4.69) is 14.9 Å². The summed E-state index contributed by atoms with van der Waals surface area (Å²) in [5.41, 5.74) is 2.42. The van der Waals surface area contributed by atoms with Crippen molar-refractivity contribution in [1.82, 2.24) is 4.90 Å². The summed E-state index contributed by atoms with van der Waals surface area (Å²) < 4.78 is 35.9. The van der Waals surface area contributed by atoms with Crippen molar-refractivity contribution in [2.24, 2.45) is 0 Å². The molecule has 156 valence electrons. The third-order valence-electron chi connectivity index (χ3n) is 4.45. The zero-order valence-corrected chi connectivity index (χ0v) is 17.3. The molecule has 1 aliphatic heterocycles. The minimum absolute atomic E-state index is 0.250. The second-order valence-electron chi connectivity index (χ2n) is 6.83. The largest absolute Gasteiger partial charge is 0.494 e. The average molecular weight is 420 g/mol. The minimum atomic E-state index is -3.43. The van der Waals surface area contributed by atoms with E-state index in [-0.39, 0.29) is 5.91 Å². The second kappa shape index (κ2) is 9.25. The number of anilines is 2. The fourth-order valence-electron chi connectivity index (χ4n) is 3.08. The molecule has 29 heavy (non-hydrogen) atoms. The first-order chi connectivity index (χ1) is 13.8. The molecule has 2 N–H and O–H groups in total. The van der Waals surface area contributed by atoms with Crippen molar-refractivity contribution in [2.45, 2.75) is 6.54 Å². The Labute approximate surface area is 170 Å². The summed E-state index contributed by atoms with van der Waals surface area (Å²) in [7, 11) is -2.00. The molecule has 0 saturated carbocycles. The monoisotopic (exact) mass is 419 g/mol. The second-order valence-corrected chi connectivity index (χ2v) is 8.58. The number of ether oxygens (including phenoxy) is 2. The van der Waals surface area contributed by atoms with E-state index < -0.39 is 10.0 Å². The fraction of sp³-hybridized carbons (Fsp3) is 0.350. The van der Waals surface area contributed by atoms with Crippen LogP contribution in [0.5, 0.6) is 5.75 Å². The summed E-state index contributed by atoms with van der Waals surface area (Å²) >= 11 is 0. The molecule has 2 aromatic carbocycles. The van der Waals surface area contributed by atoms with Crippen LogP contribution in [0.4, 0.5) is 11.4 Å². The van der Waals surface area contributed by atoms with Crippen LogP contribution in [0.15, 0.2) is 42.5 Å². The number of rotatable bonds is 7. The van der Waals surface area contributed by atoms with Crippen LogP contribution in [-0.4, -0.2) is 58.9 Å². The summed E-state index contributed by atoms with van der Waals surface area (Å²) in [6.45, 7) is 3.98.